The molecule has 46 heavy (non-hydrogen) atoms. The summed E-state index contributed by atoms with van der Waals surface area (Å²) < 4.78 is 4.91. The minimum Gasteiger partial charge on any atom is -0.309 e. The van der Waals surface area contributed by atoms with Crippen LogP contribution in [0, 0.1) is 0 Å². The van der Waals surface area contributed by atoms with E-state index in [1.54, 1.807) is 0 Å². The fourth-order valence-electron chi connectivity index (χ4n) is 8.32. The maximum Gasteiger partial charge on any atom is 0.0547 e. The number of fused-ring (bicyclic) bond motifs is 20. The van der Waals surface area contributed by atoms with Gasteiger partial charge in [0.25, 0.3) is 0 Å². The molecule has 0 saturated heterocycles. The third kappa shape index (κ3) is 3.05. The van der Waals surface area contributed by atoms with Gasteiger partial charge in [0.05, 0.1) is 22.1 Å². The van der Waals surface area contributed by atoms with Gasteiger partial charge in [0, 0.05) is 32.6 Å². The molecular formula is C44H26N2. The van der Waals surface area contributed by atoms with E-state index in [9.17, 15) is 0 Å². The van der Waals surface area contributed by atoms with Crippen molar-refractivity contribution in [3.8, 4) is 0 Å². The Morgan fingerprint density at radius 1 is 0.261 bits per heavy atom. The lowest BCUT2D eigenvalue weighted by molar-refractivity contribution is 1.31. The van der Waals surface area contributed by atoms with E-state index in [-0.39, 0.29) is 0 Å². The van der Waals surface area contributed by atoms with Crippen LogP contribution in [-0.2, 0) is 0 Å². The molecule has 6 bridgehead atoms. The molecule has 2 heteroatoms. The molecule has 2 nitrogen and oxygen atoms in total. The highest BCUT2D eigenvalue weighted by atomic mass is 14.9. The van der Waals surface area contributed by atoms with Crippen molar-refractivity contribution in [1.82, 2.24) is 8.80 Å². The average Bonchev–Trinajstić information content (AvgIpc) is 3.63. The lowest BCUT2D eigenvalue weighted by atomic mass is 9.91. The molecule has 0 aliphatic heterocycles. The maximum absolute atomic E-state index is 2.46. The molecule has 0 aliphatic rings. The summed E-state index contributed by atoms with van der Waals surface area (Å²) in [6.07, 6.45) is 0. The van der Waals surface area contributed by atoms with Crippen LogP contribution in [0.25, 0.3) is 97.7 Å². The van der Waals surface area contributed by atoms with E-state index in [0.717, 1.165) is 11.0 Å². The van der Waals surface area contributed by atoms with Crippen molar-refractivity contribution in [3.05, 3.63) is 158 Å². The van der Waals surface area contributed by atoms with Gasteiger partial charge >= 0.3 is 0 Å². The molecule has 0 atom stereocenters. The summed E-state index contributed by atoms with van der Waals surface area (Å²) in [5.41, 5.74) is 7.18. The van der Waals surface area contributed by atoms with E-state index in [1.807, 2.05) is 0 Å². The Balaban J connectivity index is 1.57. The first-order valence-corrected chi connectivity index (χ1v) is 15.9. The van der Waals surface area contributed by atoms with E-state index in [0.29, 0.717) is 0 Å². The molecular weight excluding hydrogens is 556 g/mol. The van der Waals surface area contributed by atoms with E-state index >= 15 is 0 Å². The molecule has 0 spiro atoms. The van der Waals surface area contributed by atoms with Crippen molar-refractivity contribution < 1.29 is 0 Å². The van der Waals surface area contributed by atoms with Gasteiger partial charge in [0.15, 0.2) is 0 Å². The molecule has 11 aromatic rings. The summed E-state index contributed by atoms with van der Waals surface area (Å²) in [4.78, 5) is 0. The summed E-state index contributed by atoms with van der Waals surface area (Å²) >= 11 is 0. The Morgan fingerprint density at radius 2 is 0.652 bits per heavy atom. The van der Waals surface area contributed by atoms with E-state index in [2.05, 4.69) is 167 Å². The lowest BCUT2D eigenvalue weighted by Gasteiger charge is -2.12. The van der Waals surface area contributed by atoms with E-state index in [1.165, 1.54) is 86.7 Å². The SMILES string of the molecule is c1ccc2c(c1)c1ccccc1c1c3ccc4c5ccccc5n(c5cccc(c5)n5c6ccccc6c6ccc(cc65)c21)c4c3. The Hall–Kier alpha value is -6.12. The van der Waals surface area contributed by atoms with Crippen LogP contribution >= 0.6 is 0 Å². The van der Waals surface area contributed by atoms with Crippen LogP contribution in [-0.4, -0.2) is 8.80 Å². The average molecular weight is 583 g/mol. The smallest absolute Gasteiger partial charge is 0.0547 e. The fraction of sp³-hybridized carbons (Fsp3) is 0. The Morgan fingerprint density at radius 3 is 1.13 bits per heavy atom. The molecule has 0 fully saturated rings. The van der Waals surface area contributed by atoms with Crippen LogP contribution in [0.1, 0.15) is 0 Å². The zero-order valence-corrected chi connectivity index (χ0v) is 24.9. The van der Waals surface area contributed by atoms with Gasteiger partial charge < -0.3 is 8.80 Å². The second-order valence-corrected chi connectivity index (χ2v) is 12.5. The number of aromatic nitrogens is 2. The van der Waals surface area contributed by atoms with Gasteiger partial charge in [0.1, 0.15) is 0 Å². The van der Waals surface area contributed by atoms with Gasteiger partial charge in [-0.2, -0.15) is 0 Å². The summed E-state index contributed by atoms with van der Waals surface area (Å²) in [7, 11) is 0. The summed E-state index contributed by atoms with van der Waals surface area (Å²) in [6, 6.07) is 58.7. The first kappa shape index (κ1) is 24.2. The van der Waals surface area contributed by atoms with Crippen molar-refractivity contribution in [2.24, 2.45) is 0 Å². The van der Waals surface area contributed by atoms with Crippen molar-refractivity contribution in [3.63, 3.8) is 0 Å². The molecule has 3 heterocycles. The van der Waals surface area contributed by atoms with Crippen molar-refractivity contribution in [2.45, 2.75) is 0 Å². The van der Waals surface area contributed by atoms with Gasteiger partial charge in [-0.1, -0.05) is 115 Å². The predicted octanol–water partition coefficient (Wildman–Crippen LogP) is 12.0. The molecule has 0 N–H and O–H groups in total. The van der Waals surface area contributed by atoms with Crippen LogP contribution < -0.4 is 0 Å². The third-order valence-corrected chi connectivity index (χ3v) is 10.2. The number of benzene rings is 8. The van der Waals surface area contributed by atoms with Crippen LogP contribution in [0.2, 0.25) is 0 Å². The highest BCUT2D eigenvalue weighted by molar-refractivity contribution is 6.33. The maximum atomic E-state index is 2.46. The molecule has 8 aromatic carbocycles. The van der Waals surface area contributed by atoms with E-state index in [4.69, 9.17) is 0 Å². The van der Waals surface area contributed by atoms with Crippen LogP contribution in [0.3, 0.4) is 0 Å². The molecule has 0 aliphatic carbocycles. The highest BCUT2D eigenvalue weighted by Gasteiger charge is 2.15. The first-order chi connectivity index (χ1) is 22.8. The predicted molar refractivity (Wildman–Crippen MR) is 197 cm³/mol. The van der Waals surface area contributed by atoms with Crippen molar-refractivity contribution in [2.75, 3.05) is 0 Å². The van der Waals surface area contributed by atoms with Crippen molar-refractivity contribution in [1.29, 1.82) is 0 Å². The monoisotopic (exact) mass is 582 g/mol. The van der Waals surface area contributed by atoms with Crippen LogP contribution in [0.15, 0.2) is 158 Å². The van der Waals surface area contributed by atoms with Gasteiger partial charge in [-0.3, -0.25) is 0 Å². The largest absolute Gasteiger partial charge is 0.309 e. The molecule has 0 saturated carbocycles. The van der Waals surface area contributed by atoms with E-state index < -0.39 is 0 Å². The standard InChI is InChI=1S/C44H26N2/c1-3-16-37-31(12-1)32-13-2-4-17-38(32)44-28-21-23-36-34-15-6-8-19-40(34)46(42(36)25-28)30-11-9-10-29(26-30)45-39-18-7-5-14-33(39)35-22-20-27(43(37)44)24-41(35)45/h1-26H. The second kappa shape index (κ2) is 8.74. The van der Waals surface area contributed by atoms with Crippen LogP contribution in [0.5, 0.6) is 0 Å². The minimum atomic E-state index is 1.16. The third-order valence-electron chi connectivity index (χ3n) is 10.2. The van der Waals surface area contributed by atoms with Gasteiger partial charge in [-0.05, 0) is 85.6 Å². The molecule has 11 rings (SSSR count). The quantitative estimate of drug-likeness (QED) is 0.157. The fourth-order valence-corrected chi connectivity index (χ4v) is 8.32. The Bertz CT molecular complexity index is 2930. The van der Waals surface area contributed by atoms with Crippen LogP contribution in [0.4, 0.5) is 0 Å². The summed E-state index contributed by atoms with van der Waals surface area (Å²) in [6.45, 7) is 0. The Labute approximate surface area is 263 Å². The molecule has 3 aromatic heterocycles. The van der Waals surface area contributed by atoms with Crippen molar-refractivity contribution >= 4 is 97.7 Å². The van der Waals surface area contributed by atoms with Gasteiger partial charge in [-0.15, -0.1) is 0 Å². The number of hydrogen-bond donors (Lipinski definition) is 0. The zero-order valence-electron chi connectivity index (χ0n) is 24.9. The lowest BCUT2D eigenvalue weighted by Crippen LogP contribution is -1.87. The summed E-state index contributed by atoms with van der Waals surface area (Å²) in [5, 5.41) is 15.2. The number of hydrogen-bond acceptors (Lipinski definition) is 0. The highest BCUT2D eigenvalue weighted by Crippen LogP contribution is 2.41. The number of rotatable bonds is 0. The molecule has 0 unspecified atom stereocenters. The molecule has 0 radical (unpaired) electrons. The molecule has 212 valence electrons. The minimum absolute atomic E-state index is 1.16. The first-order valence-electron chi connectivity index (χ1n) is 15.9. The summed E-state index contributed by atoms with van der Waals surface area (Å²) in [5.74, 6) is 0. The van der Waals surface area contributed by atoms with Gasteiger partial charge in [0.2, 0.25) is 0 Å². The molecule has 0 amide bonds. The number of nitrogens with zero attached hydrogens (tertiary/aromatic N) is 2. The topological polar surface area (TPSA) is 8.82 Å². The van der Waals surface area contributed by atoms with Gasteiger partial charge in [-0.25, -0.2) is 0 Å². The zero-order chi connectivity index (χ0) is 29.9. The number of para-hydroxylation sites is 2. The second-order valence-electron chi connectivity index (χ2n) is 12.5. The normalized spacial score (nSPS) is 12.3. The Kier molecular flexibility index (Phi) is 4.61.